The van der Waals surface area contributed by atoms with Gasteiger partial charge in [0.05, 0.1) is 18.5 Å². The van der Waals surface area contributed by atoms with Gasteiger partial charge in [-0.15, -0.1) is 13.2 Å². The summed E-state index contributed by atoms with van der Waals surface area (Å²) in [4.78, 5) is 23.2. The zero-order valence-electron chi connectivity index (χ0n) is 14.6. The van der Waals surface area contributed by atoms with Crippen molar-refractivity contribution in [3.05, 3.63) is 22.5 Å². The highest BCUT2D eigenvalue weighted by molar-refractivity contribution is 7.72. The minimum Gasteiger partial charge on any atom is -0.390 e. The number of aliphatic hydroxyl groups is 1. The number of aryl methyl sites for hydroxylation is 1. The number of hydrogen-bond donors (Lipinski definition) is 2. The number of ether oxygens (including phenoxy) is 1. The molecule has 1 fully saturated rings. The van der Waals surface area contributed by atoms with E-state index in [1.54, 1.807) is 17.8 Å². The zero-order valence-corrected chi connectivity index (χ0v) is 15.5. The number of fused-ring (bicyclic) bond motifs is 1. The average molecular weight is 352 g/mol. The Labute approximate surface area is 141 Å². The number of hydrogen-bond acceptors (Lipinski definition) is 5. The molecular weight excluding hydrogens is 327 g/mol. The summed E-state index contributed by atoms with van der Waals surface area (Å²) in [5.41, 5.74) is 0.521. The highest BCUT2D eigenvalue weighted by atomic mass is 31.2. The number of rotatable bonds is 4. The predicted octanol–water partition coefficient (Wildman–Crippen LogP) is 1.42. The van der Waals surface area contributed by atoms with E-state index in [0.717, 1.165) is 12.6 Å². The number of imidazole rings is 1. The first-order chi connectivity index (χ1) is 11.2. The summed E-state index contributed by atoms with van der Waals surface area (Å²) in [7, 11) is 0. The molecule has 0 amide bonds. The molecule has 0 aliphatic carbocycles. The van der Waals surface area contributed by atoms with Gasteiger partial charge >= 0.3 is 0 Å². The highest BCUT2D eigenvalue weighted by Gasteiger charge is 2.42. The summed E-state index contributed by atoms with van der Waals surface area (Å²) in [5.74, 6) is 0.417. The summed E-state index contributed by atoms with van der Waals surface area (Å²) < 4.78 is 7.88. The van der Waals surface area contributed by atoms with Crippen molar-refractivity contribution in [1.82, 2.24) is 19.5 Å². The first-order valence-corrected chi connectivity index (χ1v) is 11.2. The van der Waals surface area contributed by atoms with Crippen molar-refractivity contribution in [1.29, 1.82) is 0 Å². The second-order valence-corrected chi connectivity index (χ2v) is 11.7. The number of aromatic nitrogens is 4. The largest absolute Gasteiger partial charge is 0.390 e. The molecule has 7 nitrogen and oxygen atoms in total. The van der Waals surface area contributed by atoms with Gasteiger partial charge in [0, 0.05) is 5.92 Å². The lowest BCUT2D eigenvalue weighted by atomic mass is 10.0. The molecular formula is C16H25N4O3P. The van der Waals surface area contributed by atoms with E-state index in [1.807, 2.05) is 6.92 Å². The van der Waals surface area contributed by atoms with Gasteiger partial charge in [-0.3, -0.25) is 9.36 Å². The Morgan fingerprint density at radius 2 is 2.21 bits per heavy atom. The summed E-state index contributed by atoms with van der Waals surface area (Å²) in [6.07, 6.45) is 6.37. The highest BCUT2D eigenvalue weighted by Crippen LogP contribution is 2.41. The van der Waals surface area contributed by atoms with Crippen LogP contribution in [0.5, 0.6) is 0 Å². The van der Waals surface area contributed by atoms with Gasteiger partial charge in [-0.2, -0.15) is 0 Å². The molecule has 132 valence electrons. The molecule has 1 aliphatic heterocycles. The smallest absolute Gasteiger partial charge is 0.279 e. The fraction of sp³-hybridized carbons (Fsp3) is 0.625. The van der Waals surface area contributed by atoms with E-state index in [4.69, 9.17) is 4.74 Å². The number of aliphatic hydroxyl groups excluding tert-OH is 1. The van der Waals surface area contributed by atoms with Crippen molar-refractivity contribution in [3.8, 4) is 0 Å². The minimum atomic E-state index is -1.16. The summed E-state index contributed by atoms with van der Waals surface area (Å²) in [5, 5.41) is 10.5. The molecule has 1 saturated heterocycles. The van der Waals surface area contributed by atoms with Gasteiger partial charge in [0.15, 0.2) is 11.2 Å². The van der Waals surface area contributed by atoms with Gasteiger partial charge in [-0.05, 0) is 32.8 Å². The van der Waals surface area contributed by atoms with Gasteiger partial charge in [0.25, 0.3) is 5.56 Å². The molecule has 2 unspecified atom stereocenters. The molecule has 24 heavy (non-hydrogen) atoms. The van der Waals surface area contributed by atoms with Crippen LogP contribution in [0.1, 0.15) is 25.4 Å². The molecule has 1 aliphatic rings. The molecule has 0 bridgehead atoms. The Bertz CT molecular complexity index is 853. The molecule has 0 radical (unpaired) electrons. The van der Waals surface area contributed by atoms with E-state index in [0.29, 0.717) is 17.0 Å². The van der Waals surface area contributed by atoms with Gasteiger partial charge in [0.2, 0.25) is 0 Å². The van der Waals surface area contributed by atoms with E-state index in [9.17, 15) is 9.90 Å². The summed E-state index contributed by atoms with van der Waals surface area (Å²) in [6.45, 7) is 6.87. The fourth-order valence-electron chi connectivity index (χ4n) is 3.15. The summed E-state index contributed by atoms with van der Waals surface area (Å²) >= 11 is 0. The van der Waals surface area contributed by atoms with Crippen LogP contribution < -0.4 is 5.56 Å². The standard InChI is InChI=1S/C16H25N4O3P/c1-9-13(21)11(6-7-24(3,4)5)23-16(9)20-8-17-12-14(20)18-10(2)19-15(12)22/h8-9,11,13,16,21H,3,6-7H2,1-2,4-5H3,(H,18,19,22)/t9?,11-,13+,16?/m1/s1. The van der Waals surface area contributed by atoms with E-state index in [2.05, 4.69) is 34.6 Å². The van der Waals surface area contributed by atoms with Crippen LogP contribution in [0.15, 0.2) is 11.1 Å². The number of aromatic amines is 1. The second-order valence-electron chi connectivity index (χ2n) is 7.34. The number of nitrogens with one attached hydrogen (secondary N) is 1. The van der Waals surface area contributed by atoms with Crippen LogP contribution in [0.3, 0.4) is 0 Å². The van der Waals surface area contributed by atoms with Crippen molar-refractivity contribution in [2.24, 2.45) is 5.92 Å². The van der Waals surface area contributed by atoms with Crippen molar-refractivity contribution < 1.29 is 9.84 Å². The molecule has 3 rings (SSSR count). The maximum Gasteiger partial charge on any atom is 0.279 e. The van der Waals surface area contributed by atoms with E-state index < -0.39 is 13.0 Å². The third-order valence-corrected chi connectivity index (χ3v) is 6.00. The molecule has 2 aromatic rings. The van der Waals surface area contributed by atoms with Gasteiger partial charge < -0.3 is 14.8 Å². The van der Waals surface area contributed by atoms with Gasteiger partial charge in [-0.25, -0.2) is 9.97 Å². The van der Waals surface area contributed by atoms with Crippen LogP contribution in [0, 0.1) is 12.8 Å². The Balaban J connectivity index is 1.90. The third-order valence-electron chi connectivity index (χ3n) is 4.53. The molecule has 8 heteroatoms. The first-order valence-electron chi connectivity index (χ1n) is 8.12. The average Bonchev–Trinajstić information content (AvgIpc) is 3.00. The topological polar surface area (TPSA) is 93.0 Å². The molecule has 0 saturated carbocycles. The van der Waals surface area contributed by atoms with Gasteiger partial charge in [-0.1, -0.05) is 6.92 Å². The maximum atomic E-state index is 12.0. The lowest BCUT2D eigenvalue weighted by Gasteiger charge is -2.19. The van der Waals surface area contributed by atoms with Crippen molar-refractivity contribution in [2.75, 3.05) is 19.5 Å². The monoisotopic (exact) mass is 352 g/mol. The lowest BCUT2D eigenvalue weighted by molar-refractivity contribution is -0.0206. The number of H-pyrrole nitrogens is 1. The van der Waals surface area contributed by atoms with Crippen molar-refractivity contribution in [2.45, 2.75) is 38.7 Å². The van der Waals surface area contributed by atoms with E-state index in [1.165, 1.54) is 0 Å². The van der Waals surface area contributed by atoms with Crippen LogP contribution in [-0.4, -0.2) is 62.6 Å². The normalized spacial score (nSPS) is 27.9. The Morgan fingerprint density at radius 3 is 2.88 bits per heavy atom. The molecule has 3 heterocycles. The second kappa shape index (κ2) is 6.14. The van der Waals surface area contributed by atoms with Crippen LogP contribution >= 0.6 is 6.89 Å². The lowest BCUT2D eigenvalue weighted by Crippen LogP contribution is -2.26. The van der Waals surface area contributed by atoms with Crippen LogP contribution in [0.25, 0.3) is 11.2 Å². The molecule has 4 atom stereocenters. The minimum absolute atomic E-state index is 0.111. The van der Waals surface area contributed by atoms with Gasteiger partial charge in [0.1, 0.15) is 12.1 Å². The van der Waals surface area contributed by atoms with E-state index in [-0.39, 0.29) is 23.8 Å². The maximum absolute atomic E-state index is 12.0. The quantitative estimate of drug-likeness (QED) is 0.812. The molecule has 0 spiro atoms. The van der Waals surface area contributed by atoms with Crippen LogP contribution in [0.2, 0.25) is 0 Å². The Kier molecular flexibility index (Phi) is 4.45. The predicted molar refractivity (Wildman–Crippen MR) is 97.3 cm³/mol. The molecule has 2 N–H and O–H groups in total. The SMILES string of the molecule is C=P(C)(C)CC[C@H]1OC(n2cnc3c(=O)[nH]c(C)nc32)C(C)[C@@H]1O. The summed E-state index contributed by atoms with van der Waals surface area (Å²) in [6, 6.07) is 0. The Morgan fingerprint density at radius 1 is 1.50 bits per heavy atom. The molecule has 0 aromatic carbocycles. The van der Waals surface area contributed by atoms with E-state index >= 15 is 0 Å². The van der Waals surface area contributed by atoms with Crippen LogP contribution in [0.4, 0.5) is 0 Å². The Hall–Kier alpha value is -1.43. The van der Waals surface area contributed by atoms with Crippen molar-refractivity contribution >= 4 is 24.3 Å². The van der Waals surface area contributed by atoms with Crippen LogP contribution in [-0.2, 0) is 4.74 Å². The zero-order chi connectivity index (χ0) is 17.6. The first kappa shape index (κ1) is 17.4. The molecule has 2 aromatic heterocycles. The third kappa shape index (κ3) is 3.21. The fourth-order valence-corrected chi connectivity index (χ4v) is 4.10. The van der Waals surface area contributed by atoms with Crippen molar-refractivity contribution in [3.63, 3.8) is 0 Å². The number of nitrogens with zero attached hydrogens (tertiary/aromatic N) is 3.